The number of hydrogen-bond donors (Lipinski definition) is 0. The maximum absolute atomic E-state index is 12.7. The molecular weight excluding hydrogens is 443 g/mol. The molecule has 2 heterocycles. The Kier molecular flexibility index (Phi) is 5.70. The molecule has 3 rings (SSSR count). The van der Waals surface area contributed by atoms with Crippen molar-refractivity contribution in [3.8, 4) is 5.69 Å². The van der Waals surface area contributed by atoms with Crippen LogP contribution in [0.4, 0.5) is 0 Å². The third kappa shape index (κ3) is 3.79. The van der Waals surface area contributed by atoms with Gasteiger partial charge in [-0.1, -0.05) is 36.2 Å². The molecule has 0 saturated heterocycles. The van der Waals surface area contributed by atoms with Gasteiger partial charge in [0.15, 0.2) is 4.67 Å². The Morgan fingerprint density at radius 1 is 1.27 bits per heavy atom. The highest BCUT2D eigenvalue weighted by Crippen LogP contribution is 2.29. The summed E-state index contributed by atoms with van der Waals surface area (Å²) >= 11 is 15.8. The Morgan fingerprint density at radius 3 is 2.54 bits per heavy atom. The fourth-order valence-electron chi connectivity index (χ4n) is 2.45. The molecule has 0 aliphatic rings. The molecule has 9 heteroatoms. The highest BCUT2D eigenvalue weighted by atomic mass is 79.9. The van der Waals surface area contributed by atoms with Gasteiger partial charge in [-0.15, -0.1) is 5.10 Å². The number of carbonyl (C=O) groups is 1. The van der Waals surface area contributed by atoms with E-state index in [9.17, 15) is 4.79 Å². The van der Waals surface area contributed by atoms with Crippen LogP contribution in [0, 0.1) is 0 Å². The summed E-state index contributed by atoms with van der Waals surface area (Å²) in [5.74, 6) is 0.995. The van der Waals surface area contributed by atoms with Crippen molar-refractivity contribution in [2.45, 2.75) is 19.9 Å². The number of furan rings is 1. The van der Waals surface area contributed by atoms with E-state index in [-0.39, 0.29) is 11.7 Å². The Balaban J connectivity index is 1.91. The summed E-state index contributed by atoms with van der Waals surface area (Å²) in [5, 5.41) is 5.22. The summed E-state index contributed by atoms with van der Waals surface area (Å²) < 4.78 is 7.56. The highest BCUT2D eigenvalue weighted by Gasteiger charge is 2.22. The van der Waals surface area contributed by atoms with Crippen molar-refractivity contribution in [3.63, 3.8) is 0 Å². The number of amides is 1. The van der Waals surface area contributed by atoms with Gasteiger partial charge in [0.05, 0.1) is 16.6 Å². The molecular formula is C17H15BrCl2N4O2. The topological polar surface area (TPSA) is 64.2 Å². The van der Waals surface area contributed by atoms with Gasteiger partial charge in [0, 0.05) is 13.5 Å². The molecule has 6 nitrogen and oxygen atoms in total. The second-order valence-electron chi connectivity index (χ2n) is 5.55. The molecule has 26 heavy (non-hydrogen) atoms. The van der Waals surface area contributed by atoms with Gasteiger partial charge >= 0.3 is 0 Å². The zero-order chi connectivity index (χ0) is 18.8. The number of aromatic nitrogens is 3. The molecule has 2 aromatic heterocycles. The number of para-hydroxylation sites is 1. The Labute approximate surface area is 168 Å². The lowest BCUT2D eigenvalue weighted by Gasteiger charge is -2.13. The van der Waals surface area contributed by atoms with E-state index in [4.69, 9.17) is 27.6 Å². The van der Waals surface area contributed by atoms with E-state index in [1.54, 1.807) is 37.4 Å². The van der Waals surface area contributed by atoms with Gasteiger partial charge < -0.3 is 9.32 Å². The van der Waals surface area contributed by atoms with E-state index in [1.165, 1.54) is 9.58 Å². The first-order valence-electron chi connectivity index (χ1n) is 7.80. The van der Waals surface area contributed by atoms with Crippen molar-refractivity contribution in [2.24, 2.45) is 0 Å². The van der Waals surface area contributed by atoms with Crippen LogP contribution in [-0.2, 0) is 13.0 Å². The van der Waals surface area contributed by atoms with Crippen molar-refractivity contribution in [1.29, 1.82) is 0 Å². The molecule has 1 aromatic carbocycles. The van der Waals surface area contributed by atoms with E-state index in [2.05, 4.69) is 26.0 Å². The number of rotatable bonds is 5. The maximum Gasteiger partial charge on any atom is 0.293 e. The van der Waals surface area contributed by atoms with Gasteiger partial charge in [0.1, 0.15) is 17.3 Å². The van der Waals surface area contributed by atoms with Crippen LogP contribution in [0.15, 0.2) is 39.4 Å². The van der Waals surface area contributed by atoms with E-state index < -0.39 is 0 Å². The molecule has 0 spiro atoms. The SMILES string of the molecule is CCc1nc(C(=O)N(C)Cc2ccc(Br)o2)nn1-c1c(Cl)cccc1Cl. The number of nitrogens with zero attached hydrogens (tertiary/aromatic N) is 4. The molecule has 0 aliphatic carbocycles. The van der Waals surface area contributed by atoms with Crippen molar-refractivity contribution in [3.05, 3.63) is 62.5 Å². The van der Waals surface area contributed by atoms with Crippen LogP contribution >= 0.6 is 39.1 Å². The normalized spacial score (nSPS) is 11.0. The summed E-state index contributed by atoms with van der Waals surface area (Å²) in [7, 11) is 1.66. The Hall–Kier alpha value is -1.83. The third-order valence-corrected chi connectivity index (χ3v) is 4.74. The van der Waals surface area contributed by atoms with Gasteiger partial charge in [0.25, 0.3) is 5.91 Å². The molecule has 0 aliphatic heterocycles. The highest BCUT2D eigenvalue weighted by molar-refractivity contribution is 9.10. The van der Waals surface area contributed by atoms with Gasteiger partial charge in [-0.2, -0.15) is 0 Å². The first-order chi connectivity index (χ1) is 12.4. The fourth-order valence-corrected chi connectivity index (χ4v) is 3.34. The van der Waals surface area contributed by atoms with Crippen LogP contribution < -0.4 is 0 Å². The zero-order valence-corrected chi connectivity index (χ0v) is 17.1. The number of benzene rings is 1. The minimum Gasteiger partial charge on any atom is -0.452 e. The minimum atomic E-state index is -0.325. The molecule has 0 N–H and O–H groups in total. The van der Waals surface area contributed by atoms with Gasteiger partial charge in [-0.25, -0.2) is 9.67 Å². The summed E-state index contributed by atoms with van der Waals surface area (Å²) in [6.45, 7) is 2.22. The Morgan fingerprint density at radius 2 is 1.96 bits per heavy atom. The number of carbonyl (C=O) groups excluding carboxylic acids is 1. The first-order valence-corrected chi connectivity index (χ1v) is 9.35. The van der Waals surface area contributed by atoms with Crippen LogP contribution in [0.5, 0.6) is 0 Å². The fraction of sp³-hybridized carbons (Fsp3) is 0.235. The van der Waals surface area contributed by atoms with Crippen LogP contribution in [0.3, 0.4) is 0 Å². The molecule has 1 amide bonds. The summed E-state index contributed by atoms with van der Waals surface area (Å²) in [4.78, 5) is 18.6. The molecule has 0 unspecified atom stereocenters. The van der Waals surface area contributed by atoms with Crippen LogP contribution in [0.25, 0.3) is 5.69 Å². The average molecular weight is 458 g/mol. The standard InChI is InChI=1S/C17H15BrCl2N4O2/c1-3-14-21-16(17(25)23(2)9-10-7-8-13(18)26-10)22-24(14)15-11(19)5-4-6-12(15)20/h4-8H,3,9H2,1-2H3. The maximum atomic E-state index is 12.7. The minimum absolute atomic E-state index is 0.0750. The largest absolute Gasteiger partial charge is 0.452 e. The number of aryl methyl sites for hydroxylation is 1. The lowest BCUT2D eigenvalue weighted by molar-refractivity contribution is 0.0763. The molecule has 0 bridgehead atoms. The number of hydrogen-bond acceptors (Lipinski definition) is 4. The molecule has 0 radical (unpaired) electrons. The molecule has 3 aromatic rings. The molecule has 0 saturated carbocycles. The molecule has 136 valence electrons. The summed E-state index contributed by atoms with van der Waals surface area (Å²) in [5.41, 5.74) is 0.511. The second kappa shape index (κ2) is 7.82. The van der Waals surface area contributed by atoms with Crippen molar-refractivity contribution >= 4 is 45.0 Å². The summed E-state index contributed by atoms with van der Waals surface area (Å²) in [6, 6.07) is 8.74. The molecule has 0 fully saturated rings. The lowest BCUT2D eigenvalue weighted by Crippen LogP contribution is -2.27. The van der Waals surface area contributed by atoms with Gasteiger partial charge in [-0.05, 0) is 40.2 Å². The lowest BCUT2D eigenvalue weighted by atomic mass is 10.3. The van der Waals surface area contributed by atoms with E-state index in [0.29, 0.717) is 45.0 Å². The van der Waals surface area contributed by atoms with Crippen LogP contribution in [-0.4, -0.2) is 32.6 Å². The van der Waals surface area contributed by atoms with Crippen molar-refractivity contribution in [2.75, 3.05) is 7.05 Å². The third-order valence-electron chi connectivity index (χ3n) is 3.70. The van der Waals surface area contributed by atoms with Gasteiger partial charge in [-0.3, -0.25) is 4.79 Å². The smallest absolute Gasteiger partial charge is 0.293 e. The van der Waals surface area contributed by atoms with Crippen molar-refractivity contribution < 1.29 is 9.21 Å². The van der Waals surface area contributed by atoms with E-state index in [1.807, 2.05) is 6.92 Å². The van der Waals surface area contributed by atoms with Crippen molar-refractivity contribution in [1.82, 2.24) is 19.7 Å². The average Bonchev–Trinajstić information content (AvgIpc) is 3.20. The summed E-state index contributed by atoms with van der Waals surface area (Å²) in [6.07, 6.45) is 0.566. The predicted molar refractivity (Wildman–Crippen MR) is 103 cm³/mol. The quantitative estimate of drug-likeness (QED) is 0.553. The second-order valence-corrected chi connectivity index (χ2v) is 7.15. The predicted octanol–water partition coefficient (Wildman–Crippen LogP) is 4.76. The molecule has 0 atom stereocenters. The van der Waals surface area contributed by atoms with Gasteiger partial charge in [0.2, 0.25) is 5.82 Å². The van der Waals surface area contributed by atoms with E-state index >= 15 is 0 Å². The van der Waals surface area contributed by atoms with E-state index in [0.717, 1.165) is 0 Å². The number of halogens is 3. The Bertz CT molecular complexity index is 934. The monoisotopic (exact) mass is 456 g/mol. The zero-order valence-electron chi connectivity index (χ0n) is 14.0. The van der Waals surface area contributed by atoms with Crippen LogP contribution in [0.1, 0.15) is 29.1 Å². The first kappa shape index (κ1) is 18.9. The van der Waals surface area contributed by atoms with Crippen LogP contribution in [0.2, 0.25) is 10.0 Å².